The van der Waals surface area contributed by atoms with Crippen LogP contribution in [0.1, 0.15) is 20.8 Å². The molecule has 0 saturated heterocycles. The number of hydrogen-bond donors (Lipinski definition) is 1. The lowest BCUT2D eigenvalue weighted by atomic mass is 9.91. The molecule has 5 heteroatoms. The molecule has 1 heterocycles. The minimum atomic E-state index is -3.69. The fourth-order valence-electron chi connectivity index (χ4n) is 1.07. The monoisotopic (exact) mass is 228 g/mol. The van der Waals surface area contributed by atoms with Crippen LogP contribution in [0, 0.1) is 5.41 Å². The average molecular weight is 228 g/mol. The minimum Gasteiger partial charge on any atom is -0.267 e. The summed E-state index contributed by atoms with van der Waals surface area (Å²) in [5, 5.41) is 5.16. The van der Waals surface area contributed by atoms with Gasteiger partial charge in [0.1, 0.15) is 4.75 Å². The Kier molecular flexibility index (Phi) is 2.89. The van der Waals surface area contributed by atoms with Gasteiger partial charge in [-0.1, -0.05) is 32.1 Å². The molecule has 84 valence electrons. The van der Waals surface area contributed by atoms with Gasteiger partial charge in [0.05, 0.1) is 0 Å². The molecule has 0 aromatic rings. The number of rotatable bonds is 1. The smallest absolute Gasteiger partial charge is 0.223 e. The second kappa shape index (κ2) is 3.57. The van der Waals surface area contributed by atoms with E-state index in [0.717, 1.165) is 0 Å². The molecule has 1 aliphatic rings. The Labute approximate surface area is 90.6 Å². The van der Waals surface area contributed by atoms with Crippen LogP contribution in [0.5, 0.6) is 0 Å². The molecule has 0 aromatic heterocycles. The van der Waals surface area contributed by atoms with Crippen LogP contribution in [0.15, 0.2) is 29.4 Å². The fourth-order valence-corrected chi connectivity index (χ4v) is 1.54. The van der Waals surface area contributed by atoms with E-state index in [4.69, 9.17) is 5.14 Å². The van der Waals surface area contributed by atoms with Gasteiger partial charge in [0.2, 0.25) is 10.0 Å². The van der Waals surface area contributed by atoms with E-state index in [9.17, 15) is 8.42 Å². The van der Waals surface area contributed by atoms with Gasteiger partial charge in [-0.05, 0) is 6.92 Å². The zero-order chi connectivity index (χ0) is 11.7. The number of aliphatic imine (C=N–C) groups is 1. The number of primary sulfonamides is 1. The molecule has 0 fully saturated rings. The van der Waals surface area contributed by atoms with Gasteiger partial charge in [-0.3, -0.25) is 4.99 Å². The first-order chi connectivity index (χ1) is 6.66. The highest BCUT2D eigenvalue weighted by atomic mass is 32.2. The molecule has 0 amide bonds. The van der Waals surface area contributed by atoms with E-state index in [2.05, 4.69) is 4.99 Å². The molecule has 0 aliphatic carbocycles. The normalized spacial score (nSPS) is 34.1. The van der Waals surface area contributed by atoms with E-state index in [1.54, 1.807) is 12.3 Å². The third-order valence-electron chi connectivity index (χ3n) is 2.38. The SMILES string of the molecule is CC1(C)/C=C\N=CC(C)(S(N)(=O)=O)/C=C\1. The van der Waals surface area contributed by atoms with Crippen molar-refractivity contribution in [3.8, 4) is 0 Å². The lowest BCUT2D eigenvalue weighted by Gasteiger charge is -2.22. The summed E-state index contributed by atoms with van der Waals surface area (Å²) in [4.78, 5) is 3.93. The van der Waals surface area contributed by atoms with Crippen molar-refractivity contribution in [1.29, 1.82) is 0 Å². The first kappa shape index (κ1) is 12.1. The third-order valence-corrected chi connectivity index (χ3v) is 3.85. The topological polar surface area (TPSA) is 72.5 Å². The second-order valence-corrected chi connectivity index (χ2v) is 6.45. The van der Waals surface area contributed by atoms with Crippen LogP contribution in [-0.4, -0.2) is 19.4 Å². The van der Waals surface area contributed by atoms with Crippen LogP contribution in [-0.2, 0) is 10.0 Å². The molecule has 0 aromatic carbocycles. The minimum absolute atomic E-state index is 0.219. The predicted molar refractivity (Wildman–Crippen MR) is 62.1 cm³/mol. The summed E-state index contributed by atoms with van der Waals surface area (Å²) >= 11 is 0. The molecule has 1 unspecified atom stereocenters. The van der Waals surface area contributed by atoms with Crippen LogP contribution in [0.3, 0.4) is 0 Å². The van der Waals surface area contributed by atoms with Crippen molar-refractivity contribution in [3.63, 3.8) is 0 Å². The maximum Gasteiger partial charge on any atom is 0.223 e. The average Bonchev–Trinajstić information content (AvgIpc) is 2.05. The van der Waals surface area contributed by atoms with Crippen molar-refractivity contribution in [1.82, 2.24) is 0 Å². The summed E-state index contributed by atoms with van der Waals surface area (Å²) in [6.07, 6.45) is 8.22. The van der Waals surface area contributed by atoms with Gasteiger partial charge in [0, 0.05) is 17.8 Å². The molecule has 1 aliphatic heterocycles. The zero-order valence-electron chi connectivity index (χ0n) is 9.14. The first-order valence-electron chi connectivity index (χ1n) is 4.61. The fraction of sp³-hybridized carbons (Fsp3) is 0.500. The summed E-state index contributed by atoms with van der Waals surface area (Å²) in [7, 11) is -3.69. The van der Waals surface area contributed by atoms with Crippen LogP contribution in [0.2, 0.25) is 0 Å². The number of allylic oxidation sites excluding steroid dienone is 2. The molecule has 15 heavy (non-hydrogen) atoms. The summed E-state index contributed by atoms with van der Waals surface area (Å²) < 4.78 is 21.6. The van der Waals surface area contributed by atoms with Crippen molar-refractivity contribution in [2.45, 2.75) is 25.5 Å². The number of nitrogens with two attached hydrogens (primary N) is 1. The van der Waals surface area contributed by atoms with Crippen LogP contribution < -0.4 is 5.14 Å². The molecular weight excluding hydrogens is 212 g/mol. The molecule has 2 N–H and O–H groups in total. The molecule has 4 nitrogen and oxygen atoms in total. The maximum atomic E-state index is 11.4. The van der Waals surface area contributed by atoms with Gasteiger partial charge in [0.15, 0.2) is 0 Å². The van der Waals surface area contributed by atoms with Crippen molar-refractivity contribution in [2.75, 3.05) is 0 Å². The molecule has 0 bridgehead atoms. The summed E-state index contributed by atoms with van der Waals surface area (Å²) in [5.41, 5.74) is -0.219. The highest BCUT2D eigenvalue weighted by Gasteiger charge is 2.33. The van der Waals surface area contributed by atoms with Gasteiger partial charge in [-0.25, -0.2) is 13.6 Å². The molecule has 0 spiro atoms. The Morgan fingerprint density at radius 2 is 1.73 bits per heavy atom. The van der Waals surface area contributed by atoms with E-state index in [1.807, 2.05) is 26.0 Å². The largest absolute Gasteiger partial charge is 0.267 e. The Morgan fingerprint density at radius 1 is 1.13 bits per heavy atom. The van der Waals surface area contributed by atoms with Crippen LogP contribution in [0.25, 0.3) is 0 Å². The van der Waals surface area contributed by atoms with Gasteiger partial charge in [-0.15, -0.1) is 0 Å². The maximum absolute atomic E-state index is 11.4. The quantitative estimate of drug-likeness (QED) is 0.685. The lowest BCUT2D eigenvalue weighted by molar-refractivity contribution is 0.582. The first-order valence-corrected chi connectivity index (χ1v) is 6.16. The summed E-state index contributed by atoms with van der Waals surface area (Å²) in [5.74, 6) is 0. The second-order valence-electron chi connectivity index (χ2n) is 4.48. The molecule has 1 atom stereocenters. The summed E-state index contributed by atoms with van der Waals surface area (Å²) in [6.45, 7) is 5.45. The third kappa shape index (κ3) is 2.76. The van der Waals surface area contributed by atoms with Gasteiger partial charge in [-0.2, -0.15) is 0 Å². The van der Waals surface area contributed by atoms with Crippen LogP contribution in [0.4, 0.5) is 0 Å². The van der Waals surface area contributed by atoms with Crippen LogP contribution >= 0.6 is 0 Å². The van der Waals surface area contributed by atoms with E-state index in [0.29, 0.717) is 0 Å². The van der Waals surface area contributed by atoms with Gasteiger partial charge < -0.3 is 0 Å². The molecular formula is C10H16N2O2S. The van der Waals surface area contributed by atoms with Gasteiger partial charge >= 0.3 is 0 Å². The van der Waals surface area contributed by atoms with E-state index in [-0.39, 0.29) is 5.41 Å². The Hall–Kier alpha value is -0.940. The van der Waals surface area contributed by atoms with Crippen molar-refractivity contribution < 1.29 is 8.42 Å². The standard InChI is InChI=1S/C10H16N2O2S/c1-9(2)4-5-10(3,15(11,13)14)8-12-7-6-9/h4-8H,1-3H3,(H2,11,13,14)/b5-4-,7-6-,12-8?. The number of sulfonamides is 1. The number of hydrogen-bond acceptors (Lipinski definition) is 3. The Morgan fingerprint density at radius 3 is 2.27 bits per heavy atom. The molecule has 1 rings (SSSR count). The Balaban J connectivity index is 3.27. The van der Waals surface area contributed by atoms with Crippen molar-refractivity contribution >= 4 is 16.2 Å². The van der Waals surface area contributed by atoms with Crippen molar-refractivity contribution in [3.05, 3.63) is 24.4 Å². The van der Waals surface area contributed by atoms with E-state index < -0.39 is 14.8 Å². The molecule has 0 radical (unpaired) electrons. The highest BCUT2D eigenvalue weighted by molar-refractivity contribution is 7.91. The van der Waals surface area contributed by atoms with E-state index >= 15 is 0 Å². The number of nitrogens with zero attached hydrogens (tertiary/aromatic N) is 1. The summed E-state index contributed by atoms with van der Waals surface area (Å²) in [6, 6.07) is 0. The highest BCUT2D eigenvalue weighted by Crippen LogP contribution is 2.24. The predicted octanol–water partition coefficient (Wildman–Crippen LogP) is 1.21. The zero-order valence-corrected chi connectivity index (χ0v) is 9.95. The lowest BCUT2D eigenvalue weighted by Crippen LogP contribution is -2.40. The molecule has 0 saturated carbocycles. The van der Waals surface area contributed by atoms with Crippen molar-refractivity contribution in [2.24, 2.45) is 15.5 Å². The Bertz CT molecular complexity index is 432. The van der Waals surface area contributed by atoms with Gasteiger partial charge in [0.25, 0.3) is 0 Å². The van der Waals surface area contributed by atoms with E-state index in [1.165, 1.54) is 13.1 Å².